The topological polar surface area (TPSA) is 64.3 Å². The molecule has 1 aliphatic heterocycles. The van der Waals surface area contributed by atoms with E-state index in [4.69, 9.17) is 0 Å². The van der Waals surface area contributed by atoms with E-state index in [1.807, 2.05) is 6.92 Å². The first-order valence-electron chi connectivity index (χ1n) is 9.31. The molecule has 1 saturated heterocycles. The molecular formula is C20H30N2O2. The largest absolute Gasteiger partial charge is 0.390 e. The molecule has 2 saturated carbocycles. The number of nitrogens with zero attached hydrogens (tertiary/aromatic N) is 2. The molecule has 1 heterocycles. The number of amides is 1. The Labute approximate surface area is 145 Å². The summed E-state index contributed by atoms with van der Waals surface area (Å²) < 4.78 is 0. The number of likely N-dealkylation sites (tertiary alicyclic amines) is 1. The number of aliphatic hydroxyl groups is 1. The van der Waals surface area contributed by atoms with Crippen LogP contribution >= 0.6 is 0 Å². The van der Waals surface area contributed by atoms with E-state index in [1.165, 1.54) is 0 Å². The van der Waals surface area contributed by atoms with Crippen LogP contribution in [0.1, 0.15) is 65.7 Å². The summed E-state index contributed by atoms with van der Waals surface area (Å²) in [5.41, 5.74) is -0.585. The Balaban J connectivity index is 1.79. The van der Waals surface area contributed by atoms with Crippen molar-refractivity contribution in [2.75, 3.05) is 0 Å². The van der Waals surface area contributed by atoms with Gasteiger partial charge >= 0.3 is 0 Å². The van der Waals surface area contributed by atoms with E-state index in [-0.39, 0.29) is 18.0 Å². The fourth-order valence-corrected chi connectivity index (χ4v) is 5.23. The van der Waals surface area contributed by atoms with Gasteiger partial charge in [-0.3, -0.25) is 4.79 Å². The lowest BCUT2D eigenvalue weighted by atomic mass is 9.66. The Kier molecular flexibility index (Phi) is 4.28. The lowest BCUT2D eigenvalue weighted by Gasteiger charge is -2.42. The van der Waals surface area contributed by atoms with Gasteiger partial charge in [-0.15, -0.1) is 0 Å². The van der Waals surface area contributed by atoms with E-state index in [1.54, 1.807) is 4.90 Å². The highest BCUT2D eigenvalue weighted by molar-refractivity contribution is 5.95. The van der Waals surface area contributed by atoms with Gasteiger partial charge in [-0.1, -0.05) is 33.3 Å². The molecule has 0 aromatic rings. The molecule has 6 atom stereocenters. The Hall–Kier alpha value is -1.34. The Morgan fingerprint density at radius 1 is 1.38 bits per heavy atom. The molecule has 5 unspecified atom stereocenters. The fourth-order valence-electron chi connectivity index (χ4n) is 5.23. The van der Waals surface area contributed by atoms with Gasteiger partial charge in [0.05, 0.1) is 11.7 Å². The normalized spacial score (nSPS) is 44.9. The van der Waals surface area contributed by atoms with Gasteiger partial charge in [0.25, 0.3) is 5.91 Å². The van der Waals surface area contributed by atoms with Gasteiger partial charge in [0.2, 0.25) is 0 Å². The Morgan fingerprint density at radius 2 is 2.08 bits per heavy atom. The molecule has 0 radical (unpaired) electrons. The van der Waals surface area contributed by atoms with Crippen LogP contribution in [0.4, 0.5) is 0 Å². The highest BCUT2D eigenvalue weighted by Gasteiger charge is 2.55. The van der Waals surface area contributed by atoms with E-state index in [0.29, 0.717) is 23.8 Å². The first-order valence-corrected chi connectivity index (χ1v) is 9.31. The number of fused-ring (bicyclic) bond motifs is 1. The Bertz CT molecular complexity index is 591. The molecule has 3 rings (SSSR count). The van der Waals surface area contributed by atoms with E-state index < -0.39 is 11.0 Å². The van der Waals surface area contributed by atoms with Crippen LogP contribution in [0.25, 0.3) is 0 Å². The summed E-state index contributed by atoms with van der Waals surface area (Å²) in [6.07, 6.45) is 6.16. The number of nitriles is 1. The predicted octanol–water partition coefficient (Wildman–Crippen LogP) is 3.41. The lowest BCUT2D eigenvalue weighted by molar-refractivity contribution is -0.130. The standard InChI is InChI=1S/C20H30N2O2/c1-13-6-5-7-19(3,12-20(4,24)10-13)14(2)18(23)22-16(11-21)8-15-9-17(15)22/h13,15-17,24H,2,5-10,12H2,1,3-4H3/t13?,15?,16?,17?,19?,20-/m0/s1. The summed E-state index contributed by atoms with van der Waals surface area (Å²) in [4.78, 5) is 14.9. The van der Waals surface area contributed by atoms with Gasteiger partial charge in [0.15, 0.2) is 0 Å². The number of hydrogen-bond donors (Lipinski definition) is 1. The number of hydrogen-bond acceptors (Lipinski definition) is 3. The molecule has 0 bridgehead atoms. The molecule has 132 valence electrons. The minimum Gasteiger partial charge on any atom is -0.390 e. The van der Waals surface area contributed by atoms with Crippen molar-refractivity contribution >= 4 is 5.91 Å². The maximum Gasteiger partial charge on any atom is 0.251 e. The maximum absolute atomic E-state index is 13.1. The summed E-state index contributed by atoms with van der Waals surface area (Å²) in [6, 6.07) is 2.24. The number of rotatable bonds is 2. The molecule has 4 nitrogen and oxygen atoms in total. The zero-order chi connectivity index (χ0) is 17.7. The van der Waals surface area contributed by atoms with Crippen molar-refractivity contribution in [2.24, 2.45) is 17.3 Å². The van der Waals surface area contributed by atoms with Crippen molar-refractivity contribution in [1.82, 2.24) is 4.90 Å². The van der Waals surface area contributed by atoms with Crippen LogP contribution < -0.4 is 0 Å². The first-order chi connectivity index (χ1) is 11.2. The predicted molar refractivity (Wildman–Crippen MR) is 92.9 cm³/mol. The highest BCUT2D eigenvalue weighted by atomic mass is 16.3. The van der Waals surface area contributed by atoms with Crippen LogP contribution in [0.5, 0.6) is 0 Å². The summed E-state index contributed by atoms with van der Waals surface area (Å²) in [5, 5.41) is 20.2. The lowest BCUT2D eigenvalue weighted by Crippen LogP contribution is -2.44. The molecule has 0 spiro atoms. The Morgan fingerprint density at radius 3 is 2.75 bits per heavy atom. The van der Waals surface area contributed by atoms with Crippen molar-refractivity contribution in [1.29, 1.82) is 5.26 Å². The number of carbonyl (C=O) groups excluding carboxylic acids is 1. The van der Waals surface area contributed by atoms with E-state index in [9.17, 15) is 15.2 Å². The number of piperidine rings is 1. The van der Waals surface area contributed by atoms with Crippen LogP contribution in [0.15, 0.2) is 12.2 Å². The second kappa shape index (κ2) is 5.88. The van der Waals surface area contributed by atoms with Crippen LogP contribution in [-0.2, 0) is 4.79 Å². The second-order valence-corrected chi connectivity index (χ2v) is 9.07. The summed E-state index contributed by atoms with van der Waals surface area (Å²) in [7, 11) is 0. The summed E-state index contributed by atoms with van der Waals surface area (Å²) in [6.45, 7) is 10.3. The smallest absolute Gasteiger partial charge is 0.251 e. The van der Waals surface area contributed by atoms with Gasteiger partial charge in [0, 0.05) is 17.0 Å². The third-order valence-electron chi connectivity index (χ3n) is 6.46. The molecule has 0 aromatic carbocycles. The van der Waals surface area contributed by atoms with Gasteiger partial charge in [-0.05, 0) is 50.9 Å². The van der Waals surface area contributed by atoms with E-state index in [0.717, 1.165) is 38.5 Å². The second-order valence-electron chi connectivity index (χ2n) is 9.07. The SMILES string of the molecule is C=C(C(=O)N1C(C#N)CC2CC21)C1(C)CCCC(C)C[C@](C)(O)C1. The van der Waals surface area contributed by atoms with Crippen molar-refractivity contribution in [3.8, 4) is 6.07 Å². The fraction of sp³-hybridized carbons (Fsp3) is 0.800. The number of carbonyl (C=O) groups is 1. The molecule has 1 amide bonds. The van der Waals surface area contributed by atoms with Gasteiger partial charge in [-0.25, -0.2) is 0 Å². The molecule has 2 aliphatic carbocycles. The van der Waals surface area contributed by atoms with Crippen LogP contribution in [0.3, 0.4) is 0 Å². The van der Waals surface area contributed by atoms with Crippen molar-refractivity contribution < 1.29 is 9.90 Å². The van der Waals surface area contributed by atoms with Crippen molar-refractivity contribution in [2.45, 2.75) is 83.4 Å². The van der Waals surface area contributed by atoms with Gasteiger partial charge in [-0.2, -0.15) is 5.26 Å². The first kappa shape index (κ1) is 17.5. The van der Waals surface area contributed by atoms with Crippen molar-refractivity contribution in [3.05, 3.63) is 12.2 Å². The molecule has 4 heteroatoms. The zero-order valence-corrected chi connectivity index (χ0v) is 15.2. The summed E-state index contributed by atoms with van der Waals surface area (Å²) >= 11 is 0. The molecular weight excluding hydrogens is 300 g/mol. The average Bonchev–Trinajstić information content (AvgIpc) is 3.13. The molecule has 3 aliphatic rings. The maximum atomic E-state index is 13.1. The monoisotopic (exact) mass is 330 g/mol. The third-order valence-corrected chi connectivity index (χ3v) is 6.46. The highest BCUT2D eigenvalue weighted by Crippen LogP contribution is 2.50. The molecule has 0 aromatic heterocycles. The van der Waals surface area contributed by atoms with Crippen LogP contribution in [0, 0.1) is 28.6 Å². The minimum atomic E-state index is -0.778. The quantitative estimate of drug-likeness (QED) is 0.789. The molecule has 3 fully saturated rings. The van der Waals surface area contributed by atoms with Crippen LogP contribution in [0.2, 0.25) is 0 Å². The van der Waals surface area contributed by atoms with E-state index in [2.05, 4.69) is 26.5 Å². The van der Waals surface area contributed by atoms with Gasteiger partial charge < -0.3 is 10.0 Å². The van der Waals surface area contributed by atoms with Crippen LogP contribution in [-0.4, -0.2) is 33.6 Å². The molecule has 1 N–H and O–H groups in total. The van der Waals surface area contributed by atoms with Crippen molar-refractivity contribution in [3.63, 3.8) is 0 Å². The molecule has 24 heavy (non-hydrogen) atoms. The van der Waals surface area contributed by atoms with Gasteiger partial charge in [0.1, 0.15) is 6.04 Å². The zero-order valence-electron chi connectivity index (χ0n) is 15.2. The van der Waals surface area contributed by atoms with E-state index >= 15 is 0 Å². The summed E-state index contributed by atoms with van der Waals surface area (Å²) in [5.74, 6) is 0.959. The third kappa shape index (κ3) is 3.11. The minimum absolute atomic E-state index is 0.0570. The average molecular weight is 330 g/mol.